The molecule has 0 saturated heterocycles. The average Bonchev–Trinajstić information content (AvgIpc) is 2.64. The van der Waals surface area contributed by atoms with Crippen LogP contribution in [-0.2, 0) is 4.79 Å². The Bertz CT molecular complexity index is 485. The van der Waals surface area contributed by atoms with E-state index in [9.17, 15) is 13.6 Å². The highest BCUT2D eigenvalue weighted by Gasteiger charge is 2.17. The van der Waals surface area contributed by atoms with E-state index in [0.29, 0.717) is 12.3 Å². The second-order valence-electron chi connectivity index (χ2n) is 5.36. The van der Waals surface area contributed by atoms with Crippen LogP contribution in [0, 0.1) is 17.6 Å². The van der Waals surface area contributed by atoms with E-state index in [1.165, 1.54) is 12.8 Å². The Hall–Kier alpha value is -0.970. The molecule has 110 valence electrons. The molecule has 1 fully saturated rings. The van der Waals surface area contributed by atoms with E-state index in [-0.39, 0.29) is 16.1 Å². The highest BCUT2D eigenvalue weighted by atomic mass is 79.9. The van der Waals surface area contributed by atoms with Crippen molar-refractivity contribution in [3.63, 3.8) is 0 Å². The SMILES string of the molecule is O=C(CC1CCCCCC1)Nc1cc(F)c(Br)cc1F. The van der Waals surface area contributed by atoms with E-state index >= 15 is 0 Å². The lowest BCUT2D eigenvalue weighted by atomic mass is 9.96. The van der Waals surface area contributed by atoms with Gasteiger partial charge in [-0.2, -0.15) is 0 Å². The van der Waals surface area contributed by atoms with Gasteiger partial charge in [0, 0.05) is 12.5 Å². The third-order valence-electron chi connectivity index (χ3n) is 3.73. The van der Waals surface area contributed by atoms with Gasteiger partial charge >= 0.3 is 0 Å². The van der Waals surface area contributed by atoms with Crippen molar-refractivity contribution >= 4 is 27.5 Å². The van der Waals surface area contributed by atoms with Crippen molar-refractivity contribution in [3.8, 4) is 0 Å². The number of carbonyl (C=O) groups excluding carboxylic acids is 1. The fourth-order valence-corrected chi connectivity index (χ4v) is 2.97. The molecule has 0 unspecified atom stereocenters. The van der Waals surface area contributed by atoms with Crippen LogP contribution in [0.2, 0.25) is 0 Å². The monoisotopic (exact) mass is 345 g/mol. The highest BCUT2D eigenvalue weighted by Crippen LogP contribution is 2.27. The maximum atomic E-state index is 13.6. The summed E-state index contributed by atoms with van der Waals surface area (Å²) in [5.74, 6) is -1.10. The van der Waals surface area contributed by atoms with Crippen LogP contribution >= 0.6 is 15.9 Å². The first kappa shape index (κ1) is 15.4. The van der Waals surface area contributed by atoms with Gasteiger partial charge in [0.2, 0.25) is 5.91 Å². The lowest BCUT2D eigenvalue weighted by Gasteiger charge is -2.14. The molecule has 2 rings (SSSR count). The molecule has 1 aromatic rings. The van der Waals surface area contributed by atoms with Gasteiger partial charge in [0.05, 0.1) is 10.2 Å². The summed E-state index contributed by atoms with van der Waals surface area (Å²) in [6.45, 7) is 0. The molecule has 0 heterocycles. The third kappa shape index (κ3) is 4.27. The van der Waals surface area contributed by atoms with Crippen LogP contribution < -0.4 is 5.32 Å². The van der Waals surface area contributed by atoms with Gasteiger partial charge in [0.15, 0.2) is 0 Å². The van der Waals surface area contributed by atoms with E-state index in [1.807, 2.05) is 0 Å². The molecule has 0 spiro atoms. The third-order valence-corrected chi connectivity index (χ3v) is 4.34. The van der Waals surface area contributed by atoms with Crippen molar-refractivity contribution in [2.45, 2.75) is 44.9 Å². The second-order valence-corrected chi connectivity index (χ2v) is 6.21. The Morgan fingerprint density at radius 1 is 1.15 bits per heavy atom. The molecule has 1 aliphatic rings. The average molecular weight is 346 g/mol. The van der Waals surface area contributed by atoms with Gasteiger partial charge in [-0.3, -0.25) is 4.79 Å². The number of hydrogen-bond acceptors (Lipinski definition) is 1. The molecule has 1 aromatic carbocycles. The Labute approximate surface area is 126 Å². The first-order chi connectivity index (χ1) is 9.56. The first-order valence-electron chi connectivity index (χ1n) is 7.00. The van der Waals surface area contributed by atoms with Crippen molar-refractivity contribution in [2.24, 2.45) is 5.92 Å². The predicted molar refractivity (Wildman–Crippen MR) is 78.5 cm³/mol. The molecule has 0 radical (unpaired) electrons. The standard InChI is InChI=1S/C15H18BrF2NO/c16-11-8-13(18)14(9-12(11)17)19-15(20)7-10-5-3-1-2-4-6-10/h8-10H,1-7H2,(H,19,20). The van der Waals surface area contributed by atoms with Crippen molar-refractivity contribution in [2.75, 3.05) is 5.32 Å². The number of carbonyl (C=O) groups is 1. The number of anilines is 1. The zero-order chi connectivity index (χ0) is 14.5. The van der Waals surface area contributed by atoms with Gasteiger partial charge in [-0.05, 0) is 40.8 Å². The number of rotatable bonds is 3. The molecule has 1 saturated carbocycles. The van der Waals surface area contributed by atoms with E-state index in [1.54, 1.807) is 0 Å². The van der Waals surface area contributed by atoms with Crippen LogP contribution in [0.3, 0.4) is 0 Å². The van der Waals surface area contributed by atoms with Crippen LogP contribution in [-0.4, -0.2) is 5.91 Å². The molecule has 20 heavy (non-hydrogen) atoms. The topological polar surface area (TPSA) is 29.1 Å². The van der Waals surface area contributed by atoms with Gasteiger partial charge in [-0.25, -0.2) is 8.78 Å². The maximum absolute atomic E-state index is 13.6. The Morgan fingerprint density at radius 2 is 1.80 bits per heavy atom. The summed E-state index contributed by atoms with van der Waals surface area (Å²) in [6.07, 6.45) is 7.24. The largest absolute Gasteiger partial charge is 0.324 e. The summed E-state index contributed by atoms with van der Waals surface area (Å²) in [6, 6.07) is 2.03. The molecule has 1 amide bonds. The van der Waals surface area contributed by atoms with E-state index in [2.05, 4.69) is 21.2 Å². The summed E-state index contributed by atoms with van der Waals surface area (Å²) < 4.78 is 27.0. The molecule has 0 atom stereocenters. The van der Waals surface area contributed by atoms with Crippen molar-refractivity contribution in [1.29, 1.82) is 0 Å². The highest BCUT2D eigenvalue weighted by molar-refractivity contribution is 9.10. The zero-order valence-electron chi connectivity index (χ0n) is 11.2. The molecular weight excluding hydrogens is 328 g/mol. The Kier molecular flexibility index (Phi) is 5.52. The van der Waals surface area contributed by atoms with Crippen LogP contribution in [0.4, 0.5) is 14.5 Å². The second kappa shape index (κ2) is 7.16. The molecule has 0 bridgehead atoms. The Balaban J connectivity index is 1.95. The normalized spacial score (nSPS) is 16.8. The number of nitrogens with one attached hydrogen (secondary N) is 1. The van der Waals surface area contributed by atoms with Crippen molar-refractivity contribution in [1.82, 2.24) is 0 Å². The number of hydrogen-bond donors (Lipinski definition) is 1. The van der Waals surface area contributed by atoms with Gasteiger partial charge in [0.1, 0.15) is 11.6 Å². The minimum atomic E-state index is -0.632. The van der Waals surface area contributed by atoms with Crippen LogP contribution in [0.5, 0.6) is 0 Å². The summed E-state index contributed by atoms with van der Waals surface area (Å²) >= 11 is 2.91. The Morgan fingerprint density at radius 3 is 2.45 bits per heavy atom. The fraction of sp³-hybridized carbons (Fsp3) is 0.533. The van der Waals surface area contributed by atoms with Gasteiger partial charge in [0.25, 0.3) is 0 Å². The van der Waals surface area contributed by atoms with Gasteiger partial charge < -0.3 is 5.32 Å². The van der Waals surface area contributed by atoms with Crippen molar-refractivity contribution < 1.29 is 13.6 Å². The molecule has 1 aliphatic carbocycles. The van der Waals surface area contributed by atoms with Crippen LogP contribution in [0.15, 0.2) is 16.6 Å². The van der Waals surface area contributed by atoms with E-state index in [4.69, 9.17) is 0 Å². The predicted octanol–water partition coefficient (Wildman–Crippen LogP) is 5.03. The maximum Gasteiger partial charge on any atom is 0.224 e. The van der Waals surface area contributed by atoms with Crippen LogP contribution in [0.1, 0.15) is 44.9 Å². The van der Waals surface area contributed by atoms with Crippen LogP contribution in [0.25, 0.3) is 0 Å². The first-order valence-corrected chi connectivity index (χ1v) is 7.80. The minimum Gasteiger partial charge on any atom is -0.324 e. The summed E-state index contributed by atoms with van der Waals surface area (Å²) in [5, 5.41) is 2.47. The molecular formula is C15H18BrF2NO. The fourth-order valence-electron chi connectivity index (χ4n) is 2.65. The molecule has 2 nitrogen and oxygen atoms in total. The van der Waals surface area contributed by atoms with Gasteiger partial charge in [-0.15, -0.1) is 0 Å². The quantitative estimate of drug-likeness (QED) is 0.604. The molecule has 0 aromatic heterocycles. The van der Waals surface area contributed by atoms with Crippen molar-refractivity contribution in [3.05, 3.63) is 28.2 Å². The molecule has 5 heteroatoms. The van der Waals surface area contributed by atoms with E-state index in [0.717, 1.165) is 37.8 Å². The smallest absolute Gasteiger partial charge is 0.224 e. The van der Waals surface area contributed by atoms with E-state index < -0.39 is 11.6 Å². The number of amides is 1. The molecule has 0 aliphatic heterocycles. The number of benzene rings is 1. The lowest BCUT2D eigenvalue weighted by Crippen LogP contribution is -2.17. The summed E-state index contributed by atoms with van der Waals surface area (Å²) in [4.78, 5) is 11.9. The summed E-state index contributed by atoms with van der Waals surface area (Å²) in [5.41, 5.74) is -0.0932. The van der Waals surface area contributed by atoms with Gasteiger partial charge in [-0.1, -0.05) is 25.7 Å². The summed E-state index contributed by atoms with van der Waals surface area (Å²) in [7, 11) is 0. The lowest BCUT2D eigenvalue weighted by molar-refractivity contribution is -0.117. The minimum absolute atomic E-state index is 0.0526. The zero-order valence-corrected chi connectivity index (χ0v) is 12.8. The molecule has 1 N–H and O–H groups in total. The number of halogens is 3.